The van der Waals surface area contributed by atoms with Crippen molar-refractivity contribution in [2.75, 3.05) is 5.32 Å². The number of ketones is 1. The number of fused-ring (bicyclic) bond motifs is 1. The van der Waals surface area contributed by atoms with Crippen LogP contribution in [-0.4, -0.2) is 21.4 Å². The molecule has 26 heavy (non-hydrogen) atoms. The highest BCUT2D eigenvalue weighted by Gasteiger charge is 2.24. The molecule has 1 N–H and O–H groups in total. The summed E-state index contributed by atoms with van der Waals surface area (Å²) in [6.07, 6.45) is 3.09. The van der Waals surface area contributed by atoms with Crippen LogP contribution in [-0.2, 0) is 13.5 Å². The third kappa shape index (κ3) is 3.16. The molecule has 0 fully saturated rings. The Hall–Kier alpha value is -2.14. The minimum Gasteiger partial charge on any atom is -0.376 e. The molecule has 138 valence electrons. The first-order valence-electron chi connectivity index (χ1n) is 9.07. The molecule has 1 aromatic carbocycles. The van der Waals surface area contributed by atoms with Crippen molar-refractivity contribution in [2.24, 2.45) is 7.05 Å². The zero-order chi connectivity index (χ0) is 19.0. The molecule has 0 aliphatic heterocycles. The fourth-order valence-corrected chi connectivity index (χ4v) is 3.70. The fraction of sp³-hybridized carbons (Fsp3) is 0.450. The van der Waals surface area contributed by atoms with Crippen LogP contribution >= 0.6 is 11.6 Å². The Morgan fingerprint density at radius 1 is 1.19 bits per heavy atom. The summed E-state index contributed by atoms with van der Waals surface area (Å²) in [6.45, 7) is 6.02. The topological polar surface area (TPSA) is 64.0 Å². The highest BCUT2D eigenvalue weighted by Crippen LogP contribution is 2.33. The molecule has 1 heterocycles. The van der Waals surface area contributed by atoms with E-state index in [-0.39, 0.29) is 17.4 Å². The standard InChI is InChI=1S/C20H24ClN3O2/c1-5-13(6-2)23-18-11(3)22-19(24(4)20(18)26)15-9-12-7-8-17(25)14(12)10-16(15)21/h9-10,13,23H,5-8H2,1-4H3. The highest BCUT2D eigenvalue weighted by atomic mass is 35.5. The molecule has 6 heteroatoms. The number of nitrogens with zero attached hydrogens (tertiary/aromatic N) is 2. The molecule has 1 aromatic heterocycles. The molecule has 3 rings (SSSR count). The summed E-state index contributed by atoms with van der Waals surface area (Å²) in [5.41, 5.74) is 3.43. The number of rotatable bonds is 5. The van der Waals surface area contributed by atoms with Gasteiger partial charge in [-0.05, 0) is 43.9 Å². The van der Waals surface area contributed by atoms with Gasteiger partial charge in [0.05, 0.1) is 10.7 Å². The minimum absolute atomic E-state index is 0.118. The van der Waals surface area contributed by atoms with E-state index in [2.05, 4.69) is 24.1 Å². The zero-order valence-electron chi connectivity index (χ0n) is 15.6. The van der Waals surface area contributed by atoms with Crippen LogP contribution in [0.3, 0.4) is 0 Å². The fourth-order valence-electron chi connectivity index (χ4n) is 3.45. The number of anilines is 1. The third-order valence-corrected chi connectivity index (χ3v) is 5.47. The smallest absolute Gasteiger partial charge is 0.277 e. The van der Waals surface area contributed by atoms with Gasteiger partial charge in [-0.3, -0.25) is 14.2 Å². The van der Waals surface area contributed by atoms with Crippen molar-refractivity contribution in [3.63, 3.8) is 0 Å². The van der Waals surface area contributed by atoms with Gasteiger partial charge in [-0.2, -0.15) is 0 Å². The number of aryl methyl sites for hydroxylation is 2. The van der Waals surface area contributed by atoms with Gasteiger partial charge in [-0.15, -0.1) is 0 Å². The van der Waals surface area contributed by atoms with Gasteiger partial charge in [-0.25, -0.2) is 4.98 Å². The molecule has 2 aromatic rings. The Morgan fingerprint density at radius 3 is 2.54 bits per heavy atom. The highest BCUT2D eigenvalue weighted by molar-refractivity contribution is 6.33. The first kappa shape index (κ1) is 18.6. The number of carbonyl (C=O) groups excluding carboxylic acids is 1. The van der Waals surface area contributed by atoms with E-state index in [1.165, 1.54) is 4.57 Å². The van der Waals surface area contributed by atoms with E-state index in [9.17, 15) is 9.59 Å². The lowest BCUT2D eigenvalue weighted by atomic mass is 10.0. The summed E-state index contributed by atoms with van der Waals surface area (Å²) in [7, 11) is 1.71. The SMILES string of the molecule is CCC(CC)Nc1c(C)nc(-c2cc3c(cc2Cl)C(=O)CC3)n(C)c1=O. The summed E-state index contributed by atoms with van der Waals surface area (Å²) in [5, 5.41) is 3.77. The van der Waals surface area contributed by atoms with Gasteiger partial charge in [0.15, 0.2) is 5.78 Å². The summed E-state index contributed by atoms with van der Waals surface area (Å²) in [6, 6.07) is 3.85. The van der Waals surface area contributed by atoms with Gasteiger partial charge in [0.2, 0.25) is 0 Å². The molecule has 0 amide bonds. The Balaban J connectivity index is 2.11. The van der Waals surface area contributed by atoms with E-state index in [0.717, 1.165) is 18.4 Å². The largest absolute Gasteiger partial charge is 0.376 e. The molecule has 5 nitrogen and oxygen atoms in total. The predicted molar refractivity (Wildman–Crippen MR) is 105 cm³/mol. The molecule has 0 atom stereocenters. The Labute approximate surface area is 158 Å². The molecule has 0 spiro atoms. The second kappa shape index (κ2) is 7.23. The van der Waals surface area contributed by atoms with E-state index in [1.807, 2.05) is 13.0 Å². The maximum absolute atomic E-state index is 12.9. The number of benzene rings is 1. The van der Waals surface area contributed by atoms with Gasteiger partial charge in [-0.1, -0.05) is 25.4 Å². The van der Waals surface area contributed by atoms with Crippen LogP contribution in [0.25, 0.3) is 11.4 Å². The summed E-state index contributed by atoms with van der Waals surface area (Å²) < 4.78 is 1.53. The first-order valence-corrected chi connectivity index (χ1v) is 9.45. The van der Waals surface area contributed by atoms with Crippen LogP contribution in [0.2, 0.25) is 5.02 Å². The van der Waals surface area contributed by atoms with E-state index in [4.69, 9.17) is 11.6 Å². The molecular formula is C20H24ClN3O2. The van der Waals surface area contributed by atoms with E-state index in [0.29, 0.717) is 46.2 Å². The van der Waals surface area contributed by atoms with Crippen molar-refractivity contribution < 1.29 is 4.79 Å². The lowest BCUT2D eigenvalue weighted by Gasteiger charge is -2.19. The van der Waals surface area contributed by atoms with Crippen molar-refractivity contribution in [2.45, 2.75) is 52.5 Å². The molecule has 1 aliphatic carbocycles. The number of hydrogen-bond donors (Lipinski definition) is 1. The van der Waals surface area contributed by atoms with Gasteiger partial charge >= 0.3 is 0 Å². The van der Waals surface area contributed by atoms with Crippen LogP contribution < -0.4 is 10.9 Å². The minimum atomic E-state index is -0.118. The molecular weight excluding hydrogens is 350 g/mol. The van der Waals surface area contributed by atoms with E-state index < -0.39 is 0 Å². The van der Waals surface area contributed by atoms with E-state index in [1.54, 1.807) is 13.1 Å². The molecule has 0 saturated carbocycles. The summed E-state index contributed by atoms with van der Waals surface area (Å²) in [5.74, 6) is 0.644. The van der Waals surface area contributed by atoms with Gasteiger partial charge < -0.3 is 5.32 Å². The second-order valence-electron chi connectivity index (χ2n) is 6.83. The molecule has 0 saturated heterocycles. The number of Topliss-reactive ketones (excluding diaryl/α,β-unsaturated/α-hetero) is 1. The maximum atomic E-state index is 12.9. The van der Waals surface area contributed by atoms with Crippen molar-refractivity contribution in [3.05, 3.63) is 44.3 Å². The van der Waals surface area contributed by atoms with Crippen molar-refractivity contribution in [3.8, 4) is 11.4 Å². The number of carbonyl (C=O) groups is 1. The monoisotopic (exact) mass is 373 g/mol. The molecule has 0 bridgehead atoms. The van der Waals surface area contributed by atoms with Crippen molar-refractivity contribution in [1.82, 2.24) is 9.55 Å². The van der Waals surface area contributed by atoms with E-state index >= 15 is 0 Å². The normalized spacial score (nSPS) is 13.4. The van der Waals surface area contributed by atoms with Crippen LogP contribution in [0.4, 0.5) is 5.69 Å². The van der Waals surface area contributed by atoms with Gasteiger partial charge in [0.1, 0.15) is 11.5 Å². The molecule has 0 unspecified atom stereocenters. The van der Waals surface area contributed by atoms with Crippen molar-refractivity contribution >= 4 is 23.1 Å². The maximum Gasteiger partial charge on any atom is 0.277 e. The van der Waals surface area contributed by atoms with Crippen LogP contribution in [0, 0.1) is 6.92 Å². The van der Waals surface area contributed by atoms with Crippen LogP contribution in [0.1, 0.15) is 54.7 Å². The van der Waals surface area contributed by atoms with Crippen LogP contribution in [0.5, 0.6) is 0 Å². The molecule has 0 radical (unpaired) electrons. The third-order valence-electron chi connectivity index (χ3n) is 5.16. The zero-order valence-corrected chi connectivity index (χ0v) is 16.4. The summed E-state index contributed by atoms with van der Waals surface area (Å²) in [4.78, 5) is 29.5. The Morgan fingerprint density at radius 2 is 1.88 bits per heavy atom. The lowest BCUT2D eigenvalue weighted by molar-refractivity contribution is 0.0994. The van der Waals surface area contributed by atoms with Crippen LogP contribution in [0.15, 0.2) is 16.9 Å². The summed E-state index contributed by atoms with van der Waals surface area (Å²) >= 11 is 6.43. The predicted octanol–water partition coefficient (Wildman–Crippen LogP) is 4.14. The second-order valence-corrected chi connectivity index (χ2v) is 7.24. The number of nitrogens with one attached hydrogen (secondary N) is 1. The number of aromatic nitrogens is 2. The average molecular weight is 374 g/mol. The Bertz CT molecular complexity index is 930. The average Bonchev–Trinajstić information content (AvgIpc) is 2.98. The first-order chi connectivity index (χ1) is 12.4. The Kier molecular flexibility index (Phi) is 5.19. The molecule has 1 aliphatic rings. The quantitative estimate of drug-likeness (QED) is 0.855. The number of hydrogen-bond acceptors (Lipinski definition) is 4. The number of halogens is 1. The lowest BCUT2D eigenvalue weighted by Crippen LogP contribution is -2.29. The van der Waals surface area contributed by atoms with Gasteiger partial charge in [0, 0.05) is 30.6 Å². The van der Waals surface area contributed by atoms with Gasteiger partial charge in [0.25, 0.3) is 5.56 Å². The van der Waals surface area contributed by atoms with Crippen molar-refractivity contribution in [1.29, 1.82) is 0 Å².